The Hall–Kier alpha value is -1.55. The molecule has 0 amide bonds. The van der Waals surface area contributed by atoms with Crippen molar-refractivity contribution in [3.8, 4) is 5.75 Å². The summed E-state index contributed by atoms with van der Waals surface area (Å²) < 4.78 is 6.72. The molecule has 2 rings (SSSR count). The van der Waals surface area contributed by atoms with E-state index in [1.165, 1.54) is 11.1 Å². The minimum absolute atomic E-state index is 0.438. The summed E-state index contributed by atoms with van der Waals surface area (Å²) in [4.78, 5) is 6.04. The number of imidazole rings is 1. The van der Waals surface area contributed by atoms with Crippen LogP contribution in [0, 0.1) is 4.77 Å². The van der Waals surface area contributed by atoms with Gasteiger partial charge in [-0.15, -0.1) is 0 Å². The van der Waals surface area contributed by atoms with Crippen LogP contribution in [0.1, 0.15) is 56.4 Å². The molecule has 0 unspecified atom stereocenters. The lowest BCUT2D eigenvalue weighted by Crippen LogP contribution is -2.04. The zero-order valence-corrected chi connectivity index (χ0v) is 13.3. The third-order valence-corrected chi connectivity index (χ3v) is 3.56. The zero-order chi connectivity index (χ0) is 14.7. The molecule has 0 fully saturated rings. The van der Waals surface area contributed by atoms with Crippen LogP contribution in [0.5, 0.6) is 5.75 Å². The summed E-state index contributed by atoms with van der Waals surface area (Å²) >= 11 is 5.03. The van der Waals surface area contributed by atoms with Gasteiger partial charge < -0.3 is 14.7 Å². The molecule has 20 heavy (non-hydrogen) atoms. The van der Waals surface area contributed by atoms with Gasteiger partial charge in [-0.3, -0.25) is 0 Å². The number of para-hydroxylation sites is 1. The first kappa shape index (κ1) is 14.9. The monoisotopic (exact) mass is 290 g/mol. The molecule has 0 atom stereocenters. The summed E-state index contributed by atoms with van der Waals surface area (Å²) in [7, 11) is 0. The summed E-state index contributed by atoms with van der Waals surface area (Å²) in [5.74, 6) is 1.89. The third kappa shape index (κ3) is 3.31. The van der Waals surface area contributed by atoms with Gasteiger partial charge in [0, 0.05) is 6.20 Å². The Labute approximate surface area is 125 Å². The molecule has 0 radical (unpaired) electrons. The van der Waals surface area contributed by atoms with Gasteiger partial charge in [0.1, 0.15) is 12.4 Å². The van der Waals surface area contributed by atoms with Gasteiger partial charge in [-0.05, 0) is 35.2 Å². The Kier molecular flexibility index (Phi) is 4.65. The van der Waals surface area contributed by atoms with Crippen molar-refractivity contribution in [2.45, 2.75) is 46.1 Å². The lowest BCUT2D eigenvalue weighted by Gasteiger charge is -2.19. The first-order valence-electron chi connectivity index (χ1n) is 7.01. The largest absolute Gasteiger partial charge is 0.487 e. The number of aromatic amines is 2. The van der Waals surface area contributed by atoms with E-state index < -0.39 is 0 Å². The van der Waals surface area contributed by atoms with Gasteiger partial charge in [0.25, 0.3) is 0 Å². The molecule has 2 aromatic rings. The molecule has 0 aliphatic heterocycles. The Bertz CT molecular complexity index is 599. The van der Waals surface area contributed by atoms with Gasteiger partial charge in [-0.1, -0.05) is 45.9 Å². The van der Waals surface area contributed by atoms with E-state index in [1.807, 2.05) is 6.20 Å². The fourth-order valence-corrected chi connectivity index (χ4v) is 2.44. The molecule has 0 spiro atoms. The fraction of sp³-hybridized carbons (Fsp3) is 0.438. The van der Waals surface area contributed by atoms with E-state index in [9.17, 15) is 0 Å². The standard InChI is InChI=1S/C16H22N2OS/c1-10(2)13-6-5-7-14(11(3)4)15(13)19-9-12-8-17-16(20)18-12/h5-8,10-11H,9H2,1-4H3,(H2,17,18,20). The zero-order valence-electron chi connectivity index (χ0n) is 12.5. The van der Waals surface area contributed by atoms with E-state index in [2.05, 4.69) is 55.9 Å². The van der Waals surface area contributed by atoms with Crippen molar-refractivity contribution >= 4 is 12.2 Å². The van der Waals surface area contributed by atoms with E-state index in [0.717, 1.165) is 11.4 Å². The Morgan fingerprint density at radius 1 is 1.10 bits per heavy atom. The smallest absolute Gasteiger partial charge is 0.174 e. The molecule has 0 saturated carbocycles. The molecule has 4 heteroatoms. The van der Waals surface area contributed by atoms with Crippen molar-refractivity contribution in [2.24, 2.45) is 0 Å². The highest BCUT2D eigenvalue weighted by molar-refractivity contribution is 7.71. The summed E-state index contributed by atoms with van der Waals surface area (Å²) in [6.07, 6.45) is 1.86. The maximum absolute atomic E-state index is 6.09. The normalized spacial score (nSPS) is 11.3. The number of ether oxygens (including phenoxy) is 1. The molecular weight excluding hydrogens is 268 g/mol. The molecule has 0 saturated heterocycles. The average molecular weight is 290 g/mol. The molecule has 1 aromatic heterocycles. The van der Waals surface area contributed by atoms with Crippen LogP contribution >= 0.6 is 12.2 Å². The number of rotatable bonds is 5. The SMILES string of the molecule is CC(C)c1cccc(C(C)C)c1OCc1c[nH]c(=S)[nH]1. The number of hydrogen-bond acceptors (Lipinski definition) is 2. The summed E-state index contributed by atoms with van der Waals surface area (Å²) in [5, 5.41) is 0. The molecule has 0 aliphatic carbocycles. The second-order valence-electron chi connectivity index (χ2n) is 5.63. The van der Waals surface area contributed by atoms with Crippen LogP contribution in [0.25, 0.3) is 0 Å². The topological polar surface area (TPSA) is 40.8 Å². The minimum atomic E-state index is 0.438. The molecule has 1 heterocycles. The van der Waals surface area contributed by atoms with Crippen LogP contribution < -0.4 is 4.74 Å². The average Bonchev–Trinajstić information content (AvgIpc) is 2.81. The number of hydrogen-bond donors (Lipinski definition) is 2. The first-order chi connectivity index (χ1) is 9.49. The highest BCUT2D eigenvalue weighted by Crippen LogP contribution is 2.34. The highest BCUT2D eigenvalue weighted by atomic mass is 32.1. The van der Waals surface area contributed by atoms with Crippen molar-refractivity contribution in [2.75, 3.05) is 0 Å². The Morgan fingerprint density at radius 3 is 2.15 bits per heavy atom. The lowest BCUT2D eigenvalue weighted by molar-refractivity contribution is 0.293. The number of nitrogens with one attached hydrogen (secondary N) is 2. The minimum Gasteiger partial charge on any atom is -0.487 e. The Morgan fingerprint density at radius 2 is 1.70 bits per heavy atom. The summed E-state index contributed by atoms with van der Waals surface area (Å²) in [6.45, 7) is 9.26. The van der Waals surface area contributed by atoms with Crippen molar-refractivity contribution in [1.82, 2.24) is 9.97 Å². The maximum atomic E-state index is 6.09. The van der Waals surface area contributed by atoms with Crippen molar-refractivity contribution < 1.29 is 4.74 Å². The van der Waals surface area contributed by atoms with E-state index in [4.69, 9.17) is 17.0 Å². The van der Waals surface area contributed by atoms with Gasteiger partial charge in [-0.2, -0.15) is 0 Å². The quantitative estimate of drug-likeness (QED) is 0.769. The molecule has 0 bridgehead atoms. The molecular formula is C16H22N2OS. The van der Waals surface area contributed by atoms with Gasteiger partial charge in [0.2, 0.25) is 0 Å². The first-order valence-corrected chi connectivity index (χ1v) is 7.42. The van der Waals surface area contributed by atoms with E-state index in [1.54, 1.807) is 0 Å². The van der Waals surface area contributed by atoms with E-state index in [0.29, 0.717) is 23.2 Å². The molecule has 0 aliphatic rings. The molecule has 3 nitrogen and oxygen atoms in total. The van der Waals surface area contributed by atoms with E-state index >= 15 is 0 Å². The predicted octanol–water partition coefficient (Wildman–Crippen LogP) is 4.90. The van der Waals surface area contributed by atoms with Crippen LogP contribution in [0.2, 0.25) is 0 Å². The highest BCUT2D eigenvalue weighted by Gasteiger charge is 2.15. The van der Waals surface area contributed by atoms with Crippen molar-refractivity contribution in [3.05, 3.63) is 46.0 Å². The van der Waals surface area contributed by atoms with Gasteiger partial charge >= 0.3 is 0 Å². The molecule has 2 N–H and O–H groups in total. The molecule has 1 aromatic carbocycles. The van der Waals surface area contributed by atoms with Gasteiger partial charge in [0.15, 0.2) is 4.77 Å². The fourth-order valence-electron chi connectivity index (χ4n) is 2.25. The van der Waals surface area contributed by atoms with Crippen LogP contribution in [0.3, 0.4) is 0 Å². The second-order valence-corrected chi connectivity index (χ2v) is 6.04. The Balaban J connectivity index is 2.30. The number of H-pyrrole nitrogens is 2. The summed E-state index contributed by atoms with van der Waals surface area (Å²) in [6, 6.07) is 6.40. The lowest BCUT2D eigenvalue weighted by atomic mass is 9.94. The van der Waals surface area contributed by atoms with Crippen LogP contribution in [0.4, 0.5) is 0 Å². The number of benzene rings is 1. The van der Waals surface area contributed by atoms with Crippen LogP contribution in [-0.4, -0.2) is 9.97 Å². The van der Waals surface area contributed by atoms with Crippen molar-refractivity contribution in [3.63, 3.8) is 0 Å². The number of aromatic nitrogens is 2. The van der Waals surface area contributed by atoms with Crippen LogP contribution in [-0.2, 0) is 6.61 Å². The van der Waals surface area contributed by atoms with E-state index in [-0.39, 0.29) is 0 Å². The third-order valence-electron chi connectivity index (χ3n) is 3.34. The maximum Gasteiger partial charge on any atom is 0.174 e. The van der Waals surface area contributed by atoms with Crippen LogP contribution in [0.15, 0.2) is 24.4 Å². The van der Waals surface area contributed by atoms with Crippen molar-refractivity contribution in [1.29, 1.82) is 0 Å². The second kappa shape index (κ2) is 6.27. The van der Waals surface area contributed by atoms with Gasteiger partial charge in [-0.25, -0.2) is 0 Å². The van der Waals surface area contributed by atoms with Gasteiger partial charge in [0.05, 0.1) is 5.69 Å². The molecule has 108 valence electrons. The predicted molar refractivity (Wildman–Crippen MR) is 84.9 cm³/mol. The summed E-state index contributed by atoms with van der Waals surface area (Å²) in [5.41, 5.74) is 3.47.